The van der Waals surface area contributed by atoms with E-state index < -0.39 is 0 Å². The molecule has 1 aliphatic heterocycles. The Hall–Kier alpha value is -1.99. The highest BCUT2D eigenvalue weighted by Gasteiger charge is 2.10. The summed E-state index contributed by atoms with van der Waals surface area (Å²) in [6, 6.07) is 5.08. The molecule has 0 aliphatic carbocycles. The molecule has 1 fully saturated rings. The Labute approximate surface area is 124 Å². The predicted octanol–water partition coefficient (Wildman–Crippen LogP) is -1.17. The largest absolute Gasteiger partial charge is 0.353 e. The van der Waals surface area contributed by atoms with Gasteiger partial charge in [-0.3, -0.25) is 19.5 Å². The van der Waals surface area contributed by atoms with Crippen molar-refractivity contribution in [2.24, 2.45) is 0 Å². The van der Waals surface area contributed by atoms with Crippen molar-refractivity contribution >= 4 is 11.8 Å². The average Bonchev–Trinajstić information content (AvgIpc) is 2.54. The molecule has 2 rings (SSSR count). The van der Waals surface area contributed by atoms with E-state index in [2.05, 4.69) is 25.8 Å². The van der Waals surface area contributed by atoms with E-state index in [1.165, 1.54) is 0 Å². The van der Waals surface area contributed by atoms with Crippen molar-refractivity contribution in [2.45, 2.75) is 0 Å². The molecule has 21 heavy (non-hydrogen) atoms. The number of nitrogens with zero attached hydrogens (tertiary/aromatic N) is 2. The first-order chi connectivity index (χ1) is 10.3. The van der Waals surface area contributed by atoms with Gasteiger partial charge in [0.2, 0.25) is 5.91 Å². The van der Waals surface area contributed by atoms with Crippen molar-refractivity contribution < 1.29 is 9.59 Å². The van der Waals surface area contributed by atoms with Crippen LogP contribution < -0.4 is 16.0 Å². The van der Waals surface area contributed by atoms with Gasteiger partial charge in [-0.25, -0.2) is 0 Å². The van der Waals surface area contributed by atoms with Crippen LogP contribution in [0.25, 0.3) is 0 Å². The lowest BCUT2D eigenvalue weighted by molar-refractivity contribution is -0.120. The Balaban J connectivity index is 1.60. The molecule has 0 unspecified atom stereocenters. The highest BCUT2D eigenvalue weighted by atomic mass is 16.2. The van der Waals surface area contributed by atoms with E-state index in [0.29, 0.717) is 12.2 Å². The Morgan fingerprint density at radius 1 is 1.24 bits per heavy atom. The van der Waals surface area contributed by atoms with Crippen LogP contribution in [0, 0.1) is 0 Å². The fourth-order valence-electron chi connectivity index (χ4n) is 2.10. The van der Waals surface area contributed by atoms with E-state index in [-0.39, 0.29) is 18.4 Å². The maximum Gasteiger partial charge on any atom is 0.270 e. The smallest absolute Gasteiger partial charge is 0.270 e. The van der Waals surface area contributed by atoms with Crippen molar-refractivity contribution in [1.82, 2.24) is 25.8 Å². The van der Waals surface area contributed by atoms with Gasteiger partial charge in [0, 0.05) is 45.5 Å². The standard InChI is InChI=1S/C14H21N5O2/c20-13(17-7-10-19-8-5-15-6-9-19)11-18-14(21)12-3-1-2-4-16-12/h1-4,15H,5-11H2,(H,17,20)(H,18,21). The summed E-state index contributed by atoms with van der Waals surface area (Å²) in [5.41, 5.74) is 0.311. The van der Waals surface area contributed by atoms with E-state index >= 15 is 0 Å². The third-order valence-electron chi connectivity index (χ3n) is 3.27. The van der Waals surface area contributed by atoms with Gasteiger partial charge in [0.1, 0.15) is 5.69 Å². The van der Waals surface area contributed by atoms with Crippen LogP contribution in [0.2, 0.25) is 0 Å². The van der Waals surface area contributed by atoms with Crippen LogP contribution >= 0.6 is 0 Å². The van der Waals surface area contributed by atoms with Crippen LogP contribution in [-0.4, -0.2) is 67.5 Å². The van der Waals surface area contributed by atoms with Gasteiger partial charge in [-0.05, 0) is 12.1 Å². The molecule has 1 aromatic heterocycles. The fraction of sp³-hybridized carbons (Fsp3) is 0.500. The number of carbonyl (C=O) groups is 2. The van der Waals surface area contributed by atoms with E-state index in [1.54, 1.807) is 24.4 Å². The molecule has 0 aromatic carbocycles. The Bertz CT molecular complexity index is 460. The zero-order valence-electron chi connectivity index (χ0n) is 12.0. The van der Waals surface area contributed by atoms with Crippen LogP contribution in [0.4, 0.5) is 0 Å². The van der Waals surface area contributed by atoms with E-state index in [4.69, 9.17) is 0 Å². The summed E-state index contributed by atoms with van der Waals surface area (Å²) in [6.45, 7) is 5.40. The van der Waals surface area contributed by atoms with Gasteiger partial charge in [0.25, 0.3) is 5.91 Å². The average molecular weight is 291 g/mol. The Kier molecular flexibility index (Phi) is 6.11. The van der Waals surface area contributed by atoms with Crippen molar-refractivity contribution in [3.05, 3.63) is 30.1 Å². The number of nitrogens with one attached hydrogen (secondary N) is 3. The van der Waals surface area contributed by atoms with Gasteiger partial charge < -0.3 is 16.0 Å². The number of rotatable bonds is 6. The molecule has 1 aliphatic rings. The second-order valence-corrected chi connectivity index (χ2v) is 4.84. The van der Waals surface area contributed by atoms with Crippen molar-refractivity contribution in [3.8, 4) is 0 Å². The van der Waals surface area contributed by atoms with Crippen LogP contribution in [0.1, 0.15) is 10.5 Å². The maximum atomic E-state index is 11.7. The minimum absolute atomic E-state index is 0.0308. The van der Waals surface area contributed by atoms with Gasteiger partial charge in [-0.1, -0.05) is 6.07 Å². The van der Waals surface area contributed by atoms with Gasteiger partial charge in [0.15, 0.2) is 0 Å². The monoisotopic (exact) mass is 291 g/mol. The summed E-state index contributed by atoms with van der Waals surface area (Å²) >= 11 is 0. The van der Waals surface area contributed by atoms with Crippen LogP contribution in [0.15, 0.2) is 24.4 Å². The molecule has 2 heterocycles. The first-order valence-electron chi connectivity index (χ1n) is 7.15. The normalized spacial score (nSPS) is 15.4. The highest BCUT2D eigenvalue weighted by molar-refractivity contribution is 5.94. The molecule has 0 spiro atoms. The number of piperazine rings is 1. The minimum Gasteiger partial charge on any atom is -0.353 e. The summed E-state index contributed by atoms with van der Waals surface area (Å²) in [7, 11) is 0. The zero-order chi connectivity index (χ0) is 14.9. The molecule has 114 valence electrons. The van der Waals surface area contributed by atoms with E-state index in [1.807, 2.05) is 0 Å². The summed E-state index contributed by atoms with van der Waals surface area (Å²) in [5.74, 6) is -0.526. The molecule has 0 radical (unpaired) electrons. The minimum atomic E-state index is -0.340. The Morgan fingerprint density at radius 2 is 2.05 bits per heavy atom. The van der Waals surface area contributed by atoms with Crippen LogP contribution in [0.3, 0.4) is 0 Å². The molecule has 1 aromatic rings. The zero-order valence-corrected chi connectivity index (χ0v) is 12.0. The number of hydrogen-bond acceptors (Lipinski definition) is 5. The lowest BCUT2D eigenvalue weighted by Gasteiger charge is -2.27. The van der Waals surface area contributed by atoms with Gasteiger partial charge in [0.05, 0.1) is 6.54 Å². The topological polar surface area (TPSA) is 86.4 Å². The SMILES string of the molecule is O=C(CNC(=O)c1ccccn1)NCCN1CCNCC1. The van der Waals surface area contributed by atoms with E-state index in [0.717, 1.165) is 32.7 Å². The van der Waals surface area contributed by atoms with Gasteiger partial charge in [-0.2, -0.15) is 0 Å². The number of carbonyl (C=O) groups excluding carboxylic acids is 2. The quantitative estimate of drug-likeness (QED) is 0.615. The molecule has 7 heteroatoms. The van der Waals surface area contributed by atoms with E-state index in [9.17, 15) is 9.59 Å². The van der Waals surface area contributed by atoms with Crippen LogP contribution in [0.5, 0.6) is 0 Å². The second-order valence-electron chi connectivity index (χ2n) is 4.84. The molecular weight excluding hydrogens is 270 g/mol. The molecule has 2 amide bonds. The summed E-state index contributed by atoms with van der Waals surface area (Å²) < 4.78 is 0. The molecule has 0 bridgehead atoms. The Morgan fingerprint density at radius 3 is 2.76 bits per heavy atom. The van der Waals surface area contributed by atoms with Crippen molar-refractivity contribution in [3.63, 3.8) is 0 Å². The van der Waals surface area contributed by atoms with Gasteiger partial charge in [-0.15, -0.1) is 0 Å². The maximum absolute atomic E-state index is 11.7. The number of pyridine rings is 1. The second kappa shape index (κ2) is 8.33. The lowest BCUT2D eigenvalue weighted by atomic mass is 10.3. The summed E-state index contributed by atoms with van der Waals surface area (Å²) in [4.78, 5) is 29.6. The van der Waals surface area contributed by atoms with Crippen molar-refractivity contribution in [2.75, 3.05) is 45.8 Å². The molecular formula is C14H21N5O2. The number of amides is 2. The predicted molar refractivity (Wildman–Crippen MR) is 78.9 cm³/mol. The third-order valence-corrected chi connectivity index (χ3v) is 3.27. The summed E-state index contributed by atoms with van der Waals surface area (Å²) in [5, 5.41) is 8.63. The fourth-order valence-corrected chi connectivity index (χ4v) is 2.10. The first kappa shape index (κ1) is 15.4. The van der Waals surface area contributed by atoms with Crippen LogP contribution in [-0.2, 0) is 4.79 Å². The van der Waals surface area contributed by atoms with Crippen molar-refractivity contribution in [1.29, 1.82) is 0 Å². The van der Waals surface area contributed by atoms with Gasteiger partial charge >= 0.3 is 0 Å². The molecule has 1 saturated heterocycles. The highest BCUT2D eigenvalue weighted by Crippen LogP contribution is 1.92. The number of aromatic nitrogens is 1. The third kappa shape index (κ3) is 5.49. The lowest BCUT2D eigenvalue weighted by Crippen LogP contribution is -2.47. The molecule has 3 N–H and O–H groups in total. The number of hydrogen-bond donors (Lipinski definition) is 3. The molecule has 7 nitrogen and oxygen atoms in total. The molecule has 0 saturated carbocycles. The summed E-state index contributed by atoms with van der Waals surface area (Å²) in [6.07, 6.45) is 1.54. The molecule has 0 atom stereocenters. The first-order valence-corrected chi connectivity index (χ1v) is 7.15.